The highest BCUT2D eigenvalue weighted by Crippen LogP contribution is 2.45. The van der Waals surface area contributed by atoms with Crippen molar-refractivity contribution in [2.45, 2.75) is 6.04 Å². The first kappa shape index (κ1) is 15.8. The largest absolute Gasteiger partial charge is 0.459 e. The van der Waals surface area contributed by atoms with E-state index in [2.05, 4.69) is 4.90 Å². The molecule has 0 amide bonds. The van der Waals surface area contributed by atoms with Gasteiger partial charge in [-0.25, -0.2) is 0 Å². The lowest BCUT2D eigenvalue weighted by Crippen LogP contribution is -2.39. The molecular formula is C19H18N2O4. The maximum Gasteiger partial charge on any atom is 0.270 e. The van der Waals surface area contributed by atoms with Gasteiger partial charge in [0.25, 0.3) is 5.69 Å². The fourth-order valence-corrected chi connectivity index (χ4v) is 3.33. The van der Waals surface area contributed by atoms with E-state index >= 15 is 0 Å². The van der Waals surface area contributed by atoms with Crippen LogP contribution in [0, 0.1) is 10.1 Å². The van der Waals surface area contributed by atoms with Crippen LogP contribution >= 0.6 is 0 Å². The van der Waals surface area contributed by atoms with Gasteiger partial charge in [-0.2, -0.15) is 0 Å². The van der Waals surface area contributed by atoms with E-state index in [1.165, 1.54) is 6.07 Å². The summed E-state index contributed by atoms with van der Waals surface area (Å²) in [6.07, 6.45) is 2.01. The Balaban J connectivity index is 1.76. The number of benzene rings is 2. The van der Waals surface area contributed by atoms with Gasteiger partial charge >= 0.3 is 0 Å². The minimum Gasteiger partial charge on any atom is -0.459 e. The topological polar surface area (TPSA) is 64.8 Å². The van der Waals surface area contributed by atoms with E-state index in [-0.39, 0.29) is 16.7 Å². The Bertz CT molecular complexity index is 813. The van der Waals surface area contributed by atoms with Gasteiger partial charge in [0.2, 0.25) is 0 Å². The molecule has 2 aromatic rings. The van der Waals surface area contributed by atoms with Crippen molar-refractivity contribution in [3.05, 3.63) is 75.5 Å². The molecule has 0 radical (unpaired) electrons. The molecule has 0 unspecified atom stereocenters. The smallest absolute Gasteiger partial charge is 0.270 e. The molecule has 1 atom stereocenters. The first-order chi connectivity index (χ1) is 12.2. The fourth-order valence-electron chi connectivity index (χ4n) is 3.33. The van der Waals surface area contributed by atoms with Gasteiger partial charge in [-0.3, -0.25) is 15.0 Å². The first-order valence-corrected chi connectivity index (χ1v) is 8.27. The van der Waals surface area contributed by atoms with E-state index in [0.717, 1.165) is 30.0 Å². The number of hydrogen-bond acceptors (Lipinski definition) is 5. The third-order valence-corrected chi connectivity index (χ3v) is 4.52. The molecule has 4 rings (SSSR count). The standard InChI is InChI=1S/C19H18N2O4/c22-21(23)15-6-7-17-16(13-15)19(20-8-10-24-11-9-20)18(25-17)12-14-4-2-1-3-5-14/h1-7,12-13,19H,8-11H2/b18-12-/t19-/m1/s1. The van der Waals surface area contributed by atoms with E-state index in [9.17, 15) is 10.1 Å². The Morgan fingerprint density at radius 3 is 2.60 bits per heavy atom. The predicted molar refractivity (Wildman–Crippen MR) is 93.3 cm³/mol. The summed E-state index contributed by atoms with van der Waals surface area (Å²) in [5.74, 6) is 1.48. The van der Waals surface area contributed by atoms with Crippen LogP contribution < -0.4 is 4.74 Å². The molecule has 1 saturated heterocycles. The second-order valence-electron chi connectivity index (χ2n) is 6.09. The average Bonchev–Trinajstić information content (AvgIpc) is 3.00. The predicted octanol–water partition coefficient (Wildman–Crippen LogP) is 3.40. The molecule has 0 saturated carbocycles. The maximum atomic E-state index is 11.2. The number of nitro groups is 1. The summed E-state index contributed by atoms with van der Waals surface area (Å²) in [5.41, 5.74) is 1.97. The van der Waals surface area contributed by atoms with Crippen LogP contribution in [0.1, 0.15) is 17.2 Å². The average molecular weight is 338 g/mol. The SMILES string of the molecule is O=[N+]([O-])c1ccc2c(c1)[C@@H](N1CCOCC1)/C(=C/c1ccccc1)O2. The van der Waals surface area contributed by atoms with E-state index < -0.39 is 0 Å². The molecule has 0 aromatic heterocycles. The third-order valence-electron chi connectivity index (χ3n) is 4.52. The summed E-state index contributed by atoms with van der Waals surface area (Å²) in [6.45, 7) is 2.84. The summed E-state index contributed by atoms with van der Waals surface area (Å²) in [4.78, 5) is 13.1. The minimum absolute atomic E-state index is 0.0848. The zero-order valence-corrected chi connectivity index (χ0v) is 13.6. The molecule has 2 aromatic carbocycles. The second kappa shape index (κ2) is 6.66. The van der Waals surface area contributed by atoms with Crippen molar-refractivity contribution in [3.63, 3.8) is 0 Å². The number of morpholine rings is 1. The van der Waals surface area contributed by atoms with Gasteiger partial charge in [0, 0.05) is 30.8 Å². The molecular weight excluding hydrogens is 320 g/mol. The van der Waals surface area contributed by atoms with Gasteiger partial charge in [-0.1, -0.05) is 30.3 Å². The molecule has 2 aliphatic heterocycles. The van der Waals surface area contributed by atoms with Gasteiger partial charge < -0.3 is 9.47 Å². The van der Waals surface area contributed by atoms with Crippen molar-refractivity contribution >= 4 is 11.8 Å². The summed E-state index contributed by atoms with van der Waals surface area (Å²) in [7, 11) is 0. The van der Waals surface area contributed by atoms with Crippen LogP contribution in [0.5, 0.6) is 5.75 Å². The van der Waals surface area contributed by atoms with Crippen LogP contribution in [-0.2, 0) is 4.74 Å². The van der Waals surface area contributed by atoms with Crippen LogP contribution in [0.2, 0.25) is 0 Å². The molecule has 128 valence electrons. The number of fused-ring (bicyclic) bond motifs is 1. The molecule has 2 heterocycles. The molecule has 0 aliphatic carbocycles. The molecule has 6 heteroatoms. The Morgan fingerprint density at radius 2 is 1.88 bits per heavy atom. The number of hydrogen-bond donors (Lipinski definition) is 0. The summed E-state index contributed by atoms with van der Waals surface area (Å²) in [6, 6.07) is 14.6. The fraction of sp³-hybridized carbons (Fsp3) is 0.263. The highest BCUT2D eigenvalue weighted by Gasteiger charge is 2.36. The molecule has 0 bridgehead atoms. The lowest BCUT2D eigenvalue weighted by molar-refractivity contribution is -0.384. The lowest BCUT2D eigenvalue weighted by atomic mass is 10.0. The molecule has 25 heavy (non-hydrogen) atoms. The van der Waals surface area contributed by atoms with E-state index in [0.29, 0.717) is 19.0 Å². The minimum atomic E-state index is -0.366. The van der Waals surface area contributed by atoms with Crippen molar-refractivity contribution in [2.24, 2.45) is 0 Å². The van der Waals surface area contributed by atoms with Crippen LogP contribution in [0.15, 0.2) is 54.3 Å². The van der Waals surface area contributed by atoms with Gasteiger partial charge in [0.05, 0.1) is 24.2 Å². The van der Waals surface area contributed by atoms with Gasteiger partial charge in [-0.05, 0) is 17.7 Å². The Hall–Kier alpha value is -2.70. The van der Waals surface area contributed by atoms with Crippen molar-refractivity contribution < 1.29 is 14.4 Å². The van der Waals surface area contributed by atoms with Crippen LogP contribution in [0.3, 0.4) is 0 Å². The molecule has 0 spiro atoms. The van der Waals surface area contributed by atoms with E-state index in [1.807, 2.05) is 36.4 Å². The quantitative estimate of drug-likeness (QED) is 0.634. The van der Waals surface area contributed by atoms with Gasteiger partial charge in [0.15, 0.2) is 0 Å². The van der Waals surface area contributed by atoms with Crippen molar-refractivity contribution in [3.8, 4) is 5.75 Å². The van der Waals surface area contributed by atoms with E-state index in [4.69, 9.17) is 9.47 Å². The van der Waals surface area contributed by atoms with Crippen LogP contribution in [-0.4, -0.2) is 36.1 Å². The van der Waals surface area contributed by atoms with Crippen molar-refractivity contribution in [2.75, 3.05) is 26.3 Å². The van der Waals surface area contributed by atoms with E-state index in [1.54, 1.807) is 12.1 Å². The Morgan fingerprint density at radius 1 is 1.12 bits per heavy atom. The highest BCUT2D eigenvalue weighted by molar-refractivity contribution is 5.60. The first-order valence-electron chi connectivity index (χ1n) is 8.27. The molecule has 1 fully saturated rings. The number of nitro benzene ring substituents is 1. The van der Waals surface area contributed by atoms with Gasteiger partial charge in [-0.15, -0.1) is 0 Å². The summed E-state index contributed by atoms with van der Waals surface area (Å²) in [5, 5.41) is 11.2. The third kappa shape index (κ3) is 3.14. The Labute approximate surface area is 145 Å². The Kier molecular flexibility index (Phi) is 4.21. The van der Waals surface area contributed by atoms with Crippen molar-refractivity contribution in [1.82, 2.24) is 4.90 Å². The monoisotopic (exact) mass is 338 g/mol. The molecule has 0 N–H and O–H groups in total. The summed E-state index contributed by atoms with van der Waals surface area (Å²) >= 11 is 0. The lowest BCUT2D eigenvalue weighted by Gasteiger charge is -2.32. The zero-order chi connectivity index (χ0) is 17.2. The number of ether oxygens (including phenoxy) is 2. The zero-order valence-electron chi connectivity index (χ0n) is 13.6. The van der Waals surface area contributed by atoms with Crippen LogP contribution in [0.25, 0.3) is 6.08 Å². The summed E-state index contributed by atoms with van der Waals surface area (Å²) < 4.78 is 11.5. The number of rotatable bonds is 3. The molecule has 2 aliphatic rings. The number of nitrogens with zero attached hydrogens (tertiary/aromatic N) is 2. The molecule has 6 nitrogen and oxygen atoms in total. The second-order valence-corrected chi connectivity index (χ2v) is 6.09. The maximum absolute atomic E-state index is 11.2. The highest BCUT2D eigenvalue weighted by atomic mass is 16.6. The van der Waals surface area contributed by atoms with Crippen LogP contribution in [0.4, 0.5) is 5.69 Å². The normalized spacial score (nSPS) is 21.8. The van der Waals surface area contributed by atoms with Crippen molar-refractivity contribution in [1.29, 1.82) is 0 Å². The van der Waals surface area contributed by atoms with Gasteiger partial charge in [0.1, 0.15) is 11.5 Å². The number of non-ortho nitro benzene ring substituents is 1.